The lowest BCUT2D eigenvalue weighted by Gasteiger charge is -2.16. The SMILES string of the molecule is C[Si](C)(C)CCOCn1c(OCCF)cc2c(=O)c(C#N)c[nH]c21. The van der Waals surface area contributed by atoms with Crippen LogP contribution >= 0.6 is 0 Å². The number of aromatic amines is 1. The molecule has 0 saturated carbocycles. The average molecular weight is 351 g/mol. The van der Waals surface area contributed by atoms with Crippen molar-refractivity contribution in [3.8, 4) is 11.9 Å². The summed E-state index contributed by atoms with van der Waals surface area (Å²) in [6.45, 7) is 6.85. The van der Waals surface area contributed by atoms with Gasteiger partial charge in [-0.2, -0.15) is 5.26 Å². The molecule has 0 aliphatic carbocycles. The highest BCUT2D eigenvalue weighted by Gasteiger charge is 2.16. The van der Waals surface area contributed by atoms with Gasteiger partial charge in [-0.05, 0) is 6.04 Å². The Morgan fingerprint density at radius 2 is 2.12 bits per heavy atom. The zero-order valence-corrected chi connectivity index (χ0v) is 15.2. The zero-order valence-electron chi connectivity index (χ0n) is 14.2. The summed E-state index contributed by atoms with van der Waals surface area (Å²) >= 11 is 0. The van der Waals surface area contributed by atoms with E-state index in [1.165, 1.54) is 12.3 Å². The van der Waals surface area contributed by atoms with Gasteiger partial charge in [0.2, 0.25) is 5.43 Å². The summed E-state index contributed by atoms with van der Waals surface area (Å²) in [4.78, 5) is 15.2. The van der Waals surface area contributed by atoms with Gasteiger partial charge in [0.1, 0.15) is 37.3 Å². The molecule has 2 aromatic rings. The highest BCUT2D eigenvalue weighted by molar-refractivity contribution is 6.76. The van der Waals surface area contributed by atoms with Crippen molar-refractivity contribution >= 4 is 19.1 Å². The van der Waals surface area contributed by atoms with Crippen LogP contribution in [0.25, 0.3) is 11.0 Å². The third-order valence-electron chi connectivity index (χ3n) is 3.57. The smallest absolute Gasteiger partial charge is 0.208 e. The first-order valence-corrected chi connectivity index (χ1v) is 11.5. The molecule has 2 heterocycles. The molecule has 8 heteroatoms. The fraction of sp³-hybridized carbons (Fsp3) is 0.500. The molecule has 130 valence electrons. The van der Waals surface area contributed by atoms with Crippen LogP contribution in [0.3, 0.4) is 0 Å². The summed E-state index contributed by atoms with van der Waals surface area (Å²) in [6.07, 6.45) is 1.36. The second-order valence-electron chi connectivity index (χ2n) is 6.70. The summed E-state index contributed by atoms with van der Waals surface area (Å²) in [6, 6.07) is 4.38. The molecule has 0 atom stereocenters. The van der Waals surface area contributed by atoms with E-state index in [9.17, 15) is 9.18 Å². The number of nitrogens with one attached hydrogen (secondary N) is 1. The Hall–Kier alpha value is -2.11. The Morgan fingerprint density at radius 1 is 1.38 bits per heavy atom. The van der Waals surface area contributed by atoms with Gasteiger partial charge in [-0.25, -0.2) is 4.39 Å². The topological polar surface area (TPSA) is 80.0 Å². The Morgan fingerprint density at radius 3 is 2.75 bits per heavy atom. The molecule has 2 rings (SSSR count). The minimum Gasteiger partial charge on any atom is -0.476 e. The molecule has 6 nitrogen and oxygen atoms in total. The van der Waals surface area contributed by atoms with Gasteiger partial charge in [-0.1, -0.05) is 19.6 Å². The summed E-state index contributed by atoms with van der Waals surface area (Å²) < 4.78 is 25.2. The maximum atomic E-state index is 12.4. The first-order chi connectivity index (χ1) is 11.4. The van der Waals surface area contributed by atoms with E-state index in [0.29, 0.717) is 23.5 Å². The van der Waals surface area contributed by atoms with Crippen LogP contribution in [-0.4, -0.2) is 37.5 Å². The van der Waals surface area contributed by atoms with Crippen molar-refractivity contribution in [3.63, 3.8) is 0 Å². The number of rotatable bonds is 8. The van der Waals surface area contributed by atoms with Gasteiger partial charge < -0.3 is 14.5 Å². The van der Waals surface area contributed by atoms with Gasteiger partial charge in [-0.15, -0.1) is 0 Å². The number of aromatic nitrogens is 2. The molecule has 0 bridgehead atoms. The minimum absolute atomic E-state index is 0.0244. The quantitative estimate of drug-likeness (QED) is 0.586. The number of H-pyrrole nitrogens is 1. The zero-order chi connectivity index (χ0) is 17.7. The number of nitrogens with zero attached hydrogens (tertiary/aromatic N) is 2. The minimum atomic E-state index is -1.20. The number of hydrogen-bond donors (Lipinski definition) is 1. The van der Waals surface area contributed by atoms with Crippen LogP contribution < -0.4 is 10.2 Å². The number of hydrogen-bond acceptors (Lipinski definition) is 4. The maximum Gasteiger partial charge on any atom is 0.208 e. The van der Waals surface area contributed by atoms with Crippen LogP contribution in [0.1, 0.15) is 5.56 Å². The van der Waals surface area contributed by atoms with Crippen LogP contribution in [0.4, 0.5) is 4.39 Å². The Balaban J connectivity index is 2.29. The van der Waals surface area contributed by atoms with Crippen molar-refractivity contribution in [3.05, 3.63) is 28.0 Å². The monoisotopic (exact) mass is 351 g/mol. The van der Waals surface area contributed by atoms with Gasteiger partial charge in [0, 0.05) is 26.9 Å². The highest BCUT2D eigenvalue weighted by atomic mass is 28.3. The average Bonchev–Trinajstić information content (AvgIpc) is 2.87. The number of alkyl halides is 1. The first kappa shape index (κ1) is 18.2. The van der Waals surface area contributed by atoms with E-state index in [-0.39, 0.29) is 24.3 Å². The van der Waals surface area contributed by atoms with E-state index in [2.05, 4.69) is 24.6 Å². The van der Waals surface area contributed by atoms with E-state index < -0.39 is 14.7 Å². The number of pyridine rings is 1. The fourth-order valence-corrected chi connectivity index (χ4v) is 2.97. The van der Waals surface area contributed by atoms with Crippen LogP contribution in [-0.2, 0) is 11.5 Å². The second kappa shape index (κ2) is 7.64. The van der Waals surface area contributed by atoms with Gasteiger partial charge in [-0.3, -0.25) is 9.36 Å². The van der Waals surface area contributed by atoms with Crippen LogP contribution in [0, 0.1) is 11.3 Å². The van der Waals surface area contributed by atoms with Crippen molar-refractivity contribution in [2.24, 2.45) is 0 Å². The summed E-state index contributed by atoms with van der Waals surface area (Å²) in [5, 5.41) is 9.30. The Labute approximate surface area is 140 Å². The number of fused-ring (bicyclic) bond motifs is 1. The van der Waals surface area contributed by atoms with Crippen molar-refractivity contribution in [1.82, 2.24) is 9.55 Å². The van der Waals surface area contributed by atoms with Crippen molar-refractivity contribution in [2.75, 3.05) is 19.9 Å². The highest BCUT2D eigenvalue weighted by Crippen LogP contribution is 2.22. The molecule has 0 aliphatic heterocycles. The third kappa shape index (κ3) is 4.24. The van der Waals surface area contributed by atoms with Crippen LogP contribution in [0.5, 0.6) is 5.88 Å². The molecule has 0 spiro atoms. The first-order valence-electron chi connectivity index (χ1n) is 7.79. The van der Waals surface area contributed by atoms with Gasteiger partial charge in [0.25, 0.3) is 0 Å². The number of halogens is 1. The number of nitriles is 1. The molecule has 0 amide bonds. The molecule has 2 aromatic heterocycles. The standard InChI is InChI=1S/C16H22FN3O3Si/c1-24(2,3)7-6-22-11-20-14(23-5-4-17)8-13-15(21)12(9-18)10-19-16(13)20/h8,10H,4-7,11H2,1-3H3,(H,19,21). The third-order valence-corrected chi connectivity index (χ3v) is 5.27. The predicted molar refractivity (Wildman–Crippen MR) is 92.8 cm³/mol. The molecule has 0 saturated heterocycles. The molecular weight excluding hydrogens is 329 g/mol. The summed E-state index contributed by atoms with van der Waals surface area (Å²) in [5.41, 5.74) is 0.148. The lowest BCUT2D eigenvalue weighted by Crippen LogP contribution is -2.22. The molecule has 0 radical (unpaired) electrons. The summed E-state index contributed by atoms with van der Waals surface area (Å²) in [7, 11) is -1.20. The van der Waals surface area contributed by atoms with Crippen molar-refractivity contribution in [2.45, 2.75) is 32.4 Å². The molecule has 24 heavy (non-hydrogen) atoms. The van der Waals surface area contributed by atoms with E-state index >= 15 is 0 Å². The maximum absolute atomic E-state index is 12.4. The van der Waals surface area contributed by atoms with Crippen LogP contribution in [0.15, 0.2) is 17.1 Å². The van der Waals surface area contributed by atoms with E-state index in [1.807, 2.05) is 6.07 Å². The Bertz CT molecular complexity index is 802. The summed E-state index contributed by atoms with van der Waals surface area (Å²) in [5.74, 6) is 0.346. The lowest BCUT2D eigenvalue weighted by molar-refractivity contribution is 0.0818. The van der Waals surface area contributed by atoms with Crippen molar-refractivity contribution in [1.29, 1.82) is 5.26 Å². The molecule has 0 aliphatic rings. The molecule has 0 unspecified atom stereocenters. The number of ether oxygens (including phenoxy) is 2. The molecular formula is C16H22FN3O3Si. The van der Waals surface area contributed by atoms with Crippen molar-refractivity contribution < 1.29 is 13.9 Å². The van der Waals surface area contributed by atoms with E-state index in [0.717, 1.165) is 6.04 Å². The second-order valence-corrected chi connectivity index (χ2v) is 12.3. The molecule has 1 N–H and O–H groups in total. The van der Waals surface area contributed by atoms with E-state index in [4.69, 9.17) is 14.7 Å². The van der Waals surface area contributed by atoms with Crippen LogP contribution in [0.2, 0.25) is 25.7 Å². The fourth-order valence-electron chi connectivity index (χ4n) is 2.21. The van der Waals surface area contributed by atoms with Gasteiger partial charge >= 0.3 is 0 Å². The van der Waals surface area contributed by atoms with Gasteiger partial charge in [0.15, 0.2) is 5.88 Å². The Kier molecular flexibility index (Phi) is 5.80. The lowest BCUT2D eigenvalue weighted by atomic mass is 10.2. The van der Waals surface area contributed by atoms with Gasteiger partial charge in [0.05, 0.1) is 5.39 Å². The predicted octanol–water partition coefficient (Wildman–Crippen LogP) is 2.86. The van der Waals surface area contributed by atoms with E-state index in [1.54, 1.807) is 4.57 Å². The molecule has 0 fully saturated rings. The largest absolute Gasteiger partial charge is 0.476 e. The molecule has 0 aromatic carbocycles. The normalized spacial score (nSPS) is 11.6.